The summed E-state index contributed by atoms with van der Waals surface area (Å²) in [6, 6.07) is 5.67. The summed E-state index contributed by atoms with van der Waals surface area (Å²) < 4.78 is 1.70. The zero-order valence-corrected chi connectivity index (χ0v) is 11.9. The topological polar surface area (TPSA) is 43.1 Å². The normalized spacial score (nSPS) is 10.1. The summed E-state index contributed by atoms with van der Waals surface area (Å²) in [6.07, 6.45) is 5.35. The van der Waals surface area contributed by atoms with Gasteiger partial charge in [-0.25, -0.2) is 9.50 Å². The van der Waals surface area contributed by atoms with E-state index in [1.54, 1.807) is 16.9 Å². The van der Waals surface area contributed by atoms with Crippen molar-refractivity contribution >= 4 is 17.2 Å². The van der Waals surface area contributed by atoms with Crippen molar-refractivity contribution in [2.45, 2.75) is 20.8 Å². The Balaban J connectivity index is 0.000000637. The van der Waals surface area contributed by atoms with E-state index in [0.717, 1.165) is 22.5 Å². The summed E-state index contributed by atoms with van der Waals surface area (Å²) in [5.41, 5.74) is 3.70. The smallest absolute Gasteiger partial charge is 0.161 e. The highest BCUT2D eigenvalue weighted by Gasteiger charge is 2.09. The summed E-state index contributed by atoms with van der Waals surface area (Å²) in [4.78, 5) is 8.45. The number of imidazole rings is 1. The second-order valence-electron chi connectivity index (χ2n) is 3.77. The molecule has 4 nitrogen and oxygen atoms in total. The fourth-order valence-corrected chi connectivity index (χ4v) is 2.00. The predicted octanol–water partition coefficient (Wildman–Crippen LogP) is 3.78. The highest BCUT2D eigenvalue weighted by atomic mass is 35.5. The Kier molecular flexibility index (Phi) is 4.12. The monoisotopic (exact) mass is 274 g/mol. The van der Waals surface area contributed by atoms with E-state index in [1.807, 2.05) is 45.2 Å². The molecule has 0 atom stereocenters. The number of hydrogen-bond donors (Lipinski definition) is 0. The van der Waals surface area contributed by atoms with Crippen LogP contribution in [0.15, 0.2) is 36.8 Å². The molecule has 0 saturated carbocycles. The van der Waals surface area contributed by atoms with Crippen LogP contribution < -0.4 is 0 Å². The number of hydrogen-bond acceptors (Lipinski definition) is 3. The molecule has 0 aliphatic carbocycles. The van der Waals surface area contributed by atoms with Crippen molar-refractivity contribution in [1.82, 2.24) is 19.6 Å². The first kappa shape index (κ1) is 13.5. The summed E-state index contributed by atoms with van der Waals surface area (Å²) in [5, 5.41) is 4.63. The molecule has 0 bridgehead atoms. The minimum Gasteiger partial charge on any atom is -0.265 e. The molecule has 3 aromatic heterocycles. The zero-order chi connectivity index (χ0) is 13.8. The van der Waals surface area contributed by atoms with Crippen LogP contribution in [0.25, 0.3) is 16.8 Å². The minimum absolute atomic E-state index is 0.446. The lowest BCUT2D eigenvalue weighted by molar-refractivity contribution is 0.936. The van der Waals surface area contributed by atoms with Crippen LogP contribution in [-0.4, -0.2) is 19.6 Å². The summed E-state index contributed by atoms with van der Waals surface area (Å²) in [5.74, 6) is 0. The van der Waals surface area contributed by atoms with Crippen molar-refractivity contribution in [1.29, 1.82) is 0 Å². The maximum absolute atomic E-state index is 6.01. The molecule has 3 rings (SSSR count). The lowest BCUT2D eigenvalue weighted by atomic mass is 10.1. The van der Waals surface area contributed by atoms with Crippen LogP contribution in [0.1, 0.15) is 19.5 Å². The Morgan fingerprint density at radius 2 is 1.84 bits per heavy atom. The van der Waals surface area contributed by atoms with Crippen LogP contribution in [0.2, 0.25) is 5.15 Å². The first-order valence-electron chi connectivity index (χ1n) is 6.17. The average Bonchev–Trinajstić information content (AvgIpc) is 2.81. The second kappa shape index (κ2) is 5.80. The largest absolute Gasteiger partial charge is 0.265 e. The van der Waals surface area contributed by atoms with Crippen LogP contribution in [-0.2, 0) is 0 Å². The number of pyridine rings is 1. The summed E-state index contributed by atoms with van der Waals surface area (Å²) in [6.45, 7) is 5.93. The van der Waals surface area contributed by atoms with Gasteiger partial charge >= 0.3 is 0 Å². The Labute approximate surface area is 117 Å². The van der Waals surface area contributed by atoms with E-state index in [9.17, 15) is 0 Å². The van der Waals surface area contributed by atoms with E-state index in [2.05, 4.69) is 15.1 Å². The molecule has 3 heterocycles. The number of rotatable bonds is 1. The quantitative estimate of drug-likeness (QED) is 0.678. The molecule has 0 aliphatic rings. The van der Waals surface area contributed by atoms with Gasteiger partial charge in [0.2, 0.25) is 0 Å². The Hall–Kier alpha value is -1.94. The third kappa shape index (κ3) is 2.74. The lowest BCUT2D eigenvalue weighted by Crippen LogP contribution is -1.93. The molecule has 0 radical (unpaired) electrons. The Morgan fingerprint density at radius 3 is 2.53 bits per heavy atom. The van der Waals surface area contributed by atoms with Gasteiger partial charge in [0.1, 0.15) is 0 Å². The minimum atomic E-state index is 0.446. The Bertz CT molecular complexity index is 676. The van der Waals surface area contributed by atoms with Gasteiger partial charge < -0.3 is 0 Å². The highest BCUT2D eigenvalue weighted by Crippen LogP contribution is 2.25. The number of fused-ring (bicyclic) bond motifs is 1. The molecule has 3 aromatic rings. The molecular weight excluding hydrogens is 260 g/mol. The number of nitrogens with zero attached hydrogens (tertiary/aromatic N) is 4. The standard InChI is InChI=1S/C12H9ClN4.C2H6/c1-8-7-17-12(15-8)10(6-11(13)16-17)9-2-4-14-5-3-9;1-2/h2-7H,1H3;1-2H3. The van der Waals surface area contributed by atoms with Crippen molar-refractivity contribution in [2.24, 2.45) is 0 Å². The molecule has 0 amide bonds. The van der Waals surface area contributed by atoms with E-state index in [0.29, 0.717) is 5.15 Å². The fourth-order valence-electron chi connectivity index (χ4n) is 1.80. The van der Waals surface area contributed by atoms with E-state index in [4.69, 9.17) is 11.6 Å². The molecule has 19 heavy (non-hydrogen) atoms. The van der Waals surface area contributed by atoms with Gasteiger partial charge in [0.05, 0.1) is 11.9 Å². The maximum atomic E-state index is 6.01. The maximum Gasteiger partial charge on any atom is 0.161 e. The van der Waals surface area contributed by atoms with Gasteiger partial charge in [-0.15, -0.1) is 0 Å². The third-order valence-electron chi connectivity index (χ3n) is 2.51. The van der Waals surface area contributed by atoms with Gasteiger partial charge in [-0.2, -0.15) is 5.10 Å². The molecular formula is C14H15ClN4. The van der Waals surface area contributed by atoms with Crippen LogP contribution in [0, 0.1) is 6.92 Å². The number of aromatic nitrogens is 4. The van der Waals surface area contributed by atoms with Crippen LogP contribution >= 0.6 is 11.6 Å². The van der Waals surface area contributed by atoms with E-state index in [-0.39, 0.29) is 0 Å². The van der Waals surface area contributed by atoms with Gasteiger partial charge in [-0.3, -0.25) is 4.98 Å². The van der Waals surface area contributed by atoms with Crippen molar-refractivity contribution in [3.05, 3.63) is 47.6 Å². The second-order valence-corrected chi connectivity index (χ2v) is 4.15. The van der Waals surface area contributed by atoms with Crippen molar-refractivity contribution in [3.63, 3.8) is 0 Å². The molecule has 5 heteroatoms. The highest BCUT2D eigenvalue weighted by molar-refractivity contribution is 6.29. The van der Waals surface area contributed by atoms with E-state index in [1.165, 1.54) is 0 Å². The molecule has 0 aliphatic heterocycles. The summed E-state index contributed by atoms with van der Waals surface area (Å²) >= 11 is 6.01. The number of aryl methyl sites for hydroxylation is 1. The summed E-state index contributed by atoms with van der Waals surface area (Å²) in [7, 11) is 0. The molecule has 98 valence electrons. The fraction of sp³-hybridized carbons (Fsp3) is 0.214. The van der Waals surface area contributed by atoms with Gasteiger partial charge in [0.15, 0.2) is 10.8 Å². The Morgan fingerprint density at radius 1 is 1.16 bits per heavy atom. The molecule has 0 N–H and O–H groups in total. The SMILES string of the molecule is CC.Cc1cn2nc(Cl)cc(-c3ccncc3)c2n1. The van der Waals surface area contributed by atoms with Gasteiger partial charge in [0, 0.05) is 18.0 Å². The van der Waals surface area contributed by atoms with Crippen molar-refractivity contribution < 1.29 is 0 Å². The van der Waals surface area contributed by atoms with Gasteiger partial charge in [0.25, 0.3) is 0 Å². The molecule has 0 unspecified atom stereocenters. The molecule has 0 aromatic carbocycles. The third-order valence-corrected chi connectivity index (χ3v) is 2.69. The average molecular weight is 275 g/mol. The molecule has 0 saturated heterocycles. The van der Waals surface area contributed by atoms with Crippen LogP contribution in [0.4, 0.5) is 0 Å². The zero-order valence-electron chi connectivity index (χ0n) is 11.1. The van der Waals surface area contributed by atoms with Gasteiger partial charge in [-0.05, 0) is 30.7 Å². The van der Waals surface area contributed by atoms with E-state index >= 15 is 0 Å². The molecule has 0 spiro atoms. The first-order valence-corrected chi connectivity index (χ1v) is 6.55. The van der Waals surface area contributed by atoms with Crippen molar-refractivity contribution in [2.75, 3.05) is 0 Å². The lowest BCUT2D eigenvalue weighted by Gasteiger charge is -2.03. The first-order chi connectivity index (χ1) is 9.24. The number of halogens is 1. The molecule has 0 fully saturated rings. The van der Waals surface area contributed by atoms with Crippen LogP contribution in [0.3, 0.4) is 0 Å². The van der Waals surface area contributed by atoms with Crippen molar-refractivity contribution in [3.8, 4) is 11.1 Å². The van der Waals surface area contributed by atoms with E-state index < -0.39 is 0 Å². The van der Waals surface area contributed by atoms with Crippen LogP contribution in [0.5, 0.6) is 0 Å². The predicted molar refractivity (Wildman–Crippen MR) is 77.3 cm³/mol. The van der Waals surface area contributed by atoms with Gasteiger partial charge in [-0.1, -0.05) is 25.4 Å².